The van der Waals surface area contributed by atoms with Gasteiger partial charge in [-0.05, 0) is 30.7 Å². The van der Waals surface area contributed by atoms with Crippen molar-refractivity contribution in [2.24, 2.45) is 0 Å². The Kier molecular flexibility index (Phi) is 5.36. The van der Waals surface area contributed by atoms with Crippen molar-refractivity contribution in [1.29, 1.82) is 0 Å². The average Bonchev–Trinajstić information content (AvgIpc) is 3.14. The quantitative estimate of drug-likeness (QED) is 0.714. The molecule has 3 rings (SSSR count). The van der Waals surface area contributed by atoms with Crippen LogP contribution in [0.25, 0.3) is 0 Å². The van der Waals surface area contributed by atoms with Crippen LogP contribution in [0.15, 0.2) is 61.1 Å². The molecule has 25 heavy (non-hydrogen) atoms. The molecular formula is C18H19N5O2. The number of para-hydroxylation sites is 1. The number of hydrogen-bond acceptors (Lipinski definition) is 5. The van der Waals surface area contributed by atoms with Crippen LogP contribution in [0.1, 0.15) is 24.2 Å². The molecule has 0 saturated carbocycles. The third-order valence-electron chi connectivity index (χ3n) is 3.65. The van der Waals surface area contributed by atoms with Crippen LogP contribution in [0.5, 0.6) is 5.75 Å². The van der Waals surface area contributed by atoms with Crippen molar-refractivity contribution in [3.63, 3.8) is 0 Å². The van der Waals surface area contributed by atoms with Gasteiger partial charge in [0.1, 0.15) is 24.1 Å². The number of carbonyl (C=O) groups excluding carboxylic acids is 1. The van der Waals surface area contributed by atoms with Crippen molar-refractivity contribution in [3.8, 4) is 5.75 Å². The molecule has 2 aromatic heterocycles. The van der Waals surface area contributed by atoms with Gasteiger partial charge in [0.05, 0.1) is 6.20 Å². The molecule has 1 atom stereocenters. The maximum atomic E-state index is 12.3. The van der Waals surface area contributed by atoms with Crippen molar-refractivity contribution < 1.29 is 9.53 Å². The molecule has 0 fully saturated rings. The normalized spacial score (nSPS) is 11.7. The summed E-state index contributed by atoms with van der Waals surface area (Å²) < 4.78 is 7.16. The van der Waals surface area contributed by atoms with E-state index in [9.17, 15) is 4.79 Å². The number of carbonyl (C=O) groups is 1. The number of hydrogen-bond donors (Lipinski definition) is 1. The van der Waals surface area contributed by atoms with E-state index in [-0.39, 0.29) is 5.91 Å². The number of amides is 1. The van der Waals surface area contributed by atoms with Crippen LogP contribution in [0.3, 0.4) is 0 Å². The summed E-state index contributed by atoms with van der Waals surface area (Å²) in [7, 11) is 0. The number of nitrogens with zero attached hydrogens (tertiary/aromatic N) is 4. The molecule has 1 unspecified atom stereocenters. The largest absolute Gasteiger partial charge is 0.487 e. The fourth-order valence-corrected chi connectivity index (χ4v) is 2.20. The van der Waals surface area contributed by atoms with Gasteiger partial charge >= 0.3 is 0 Å². The van der Waals surface area contributed by atoms with Crippen molar-refractivity contribution in [3.05, 3.63) is 72.3 Å². The van der Waals surface area contributed by atoms with Crippen LogP contribution in [-0.2, 0) is 17.9 Å². The summed E-state index contributed by atoms with van der Waals surface area (Å²) in [6.07, 6.45) is 5.14. The molecule has 1 N–H and O–H groups in total. The minimum atomic E-state index is -0.463. The molecule has 128 valence electrons. The van der Waals surface area contributed by atoms with Gasteiger partial charge in [-0.2, -0.15) is 0 Å². The lowest BCUT2D eigenvalue weighted by Gasteiger charge is -2.11. The van der Waals surface area contributed by atoms with Crippen LogP contribution in [0.4, 0.5) is 0 Å². The molecule has 0 spiro atoms. The number of pyridine rings is 1. The summed E-state index contributed by atoms with van der Waals surface area (Å²) in [5.74, 6) is 0.628. The zero-order valence-electron chi connectivity index (χ0n) is 13.9. The molecule has 0 aliphatic carbocycles. The first-order valence-electron chi connectivity index (χ1n) is 7.97. The van der Waals surface area contributed by atoms with Gasteiger partial charge in [0.15, 0.2) is 0 Å². The van der Waals surface area contributed by atoms with Gasteiger partial charge in [0.2, 0.25) is 5.91 Å². The van der Waals surface area contributed by atoms with E-state index in [1.165, 1.54) is 4.68 Å². The Hall–Kier alpha value is -3.22. The summed E-state index contributed by atoms with van der Waals surface area (Å²) >= 11 is 0. The zero-order chi connectivity index (χ0) is 17.5. The van der Waals surface area contributed by atoms with Gasteiger partial charge in [-0.15, -0.1) is 5.10 Å². The van der Waals surface area contributed by atoms with Crippen molar-refractivity contribution in [2.75, 3.05) is 0 Å². The number of ether oxygens (including phenoxy) is 1. The van der Waals surface area contributed by atoms with Crippen LogP contribution in [-0.4, -0.2) is 25.9 Å². The van der Waals surface area contributed by atoms with E-state index in [1.807, 2.05) is 42.5 Å². The van der Waals surface area contributed by atoms with Gasteiger partial charge < -0.3 is 10.1 Å². The smallest absolute Gasteiger partial charge is 0.244 e. The summed E-state index contributed by atoms with van der Waals surface area (Å²) in [6.45, 7) is 2.50. The molecular weight excluding hydrogens is 318 g/mol. The maximum Gasteiger partial charge on any atom is 0.244 e. The zero-order valence-corrected chi connectivity index (χ0v) is 13.9. The number of aromatic nitrogens is 4. The highest BCUT2D eigenvalue weighted by Gasteiger charge is 2.16. The molecule has 0 aliphatic rings. The topological polar surface area (TPSA) is 81.9 Å². The Balaban J connectivity index is 1.52. The molecule has 7 nitrogen and oxygen atoms in total. The lowest BCUT2D eigenvalue weighted by molar-refractivity contribution is -0.124. The highest BCUT2D eigenvalue weighted by Crippen LogP contribution is 2.11. The van der Waals surface area contributed by atoms with E-state index in [4.69, 9.17) is 4.74 Å². The highest BCUT2D eigenvalue weighted by molar-refractivity contribution is 5.79. The van der Waals surface area contributed by atoms with E-state index in [0.717, 1.165) is 11.3 Å². The number of rotatable bonds is 7. The lowest BCUT2D eigenvalue weighted by atomic mass is 10.2. The number of benzene rings is 1. The molecule has 0 saturated heterocycles. The van der Waals surface area contributed by atoms with Crippen LogP contribution in [0, 0.1) is 0 Å². The molecule has 7 heteroatoms. The standard InChI is InChI=1S/C18H19N5O2/c1-14(18(24)20-11-15-6-5-9-19-10-15)23-12-16(21-22-23)13-25-17-7-3-2-4-8-17/h2-10,12,14H,11,13H2,1H3,(H,20,24). The van der Waals surface area contributed by atoms with E-state index in [0.29, 0.717) is 18.8 Å². The fraction of sp³-hybridized carbons (Fsp3) is 0.222. The van der Waals surface area contributed by atoms with Gasteiger partial charge in [-0.3, -0.25) is 9.78 Å². The van der Waals surface area contributed by atoms with Crippen molar-refractivity contribution in [2.45, 2.75) is 26.1 Å². The SMILES string of the molecule is CC(C(=O)NCc1cccnc1)n1cc(COc2ccccc2)nn1. The first kappa shape index (κ1) is 16.6. The van der Waals surface area contributed by atoms with E-state index >= 15 is 0 Å². The second-order valence-corrected chi connectivity index (χ2v) is 5.55. The first-order valence-corrected chi connectivity index (χ1v) is 7.97. The first-order chi connectivity index (χ1) is 12.2. The number of nitrogens with one attached hydrogen (secondary N) is 1. The van der Waals surface area contributed by atoms with E-state index in [2.05, 4.69) is 20.6 Å². The van der Waals surface area contributed by atoms with Crippen LogP contribution < -0.4 is 10.1 Å². The fourth-order valence-electron chi connectivity index (χ4n) is 2.20. The average molecular weight is 337 g/mol. The summed E-state index contributed by atoms with van der Waals surface area (Å²) in [5.41, 5.74) is 1.61. The van der Waals surface area contributed by atoms with Gasteiger partial charge in [0.25, 0.3) is 0 Å². The summed E-state index contributed by atoms with van der Waals surface area (Å²) in [6, 6.07) is 12.8. The Labute approximate surface area is 145 Å². The van der Waals surface area contributed by atoms with Crippen LogP contribution in [0.2, 0.25) is 0 Å². The highest BCUT2D eigenvalue weighted by atomic mass is 16.5. The Bertz CT molecular complexity index is 805. The minimum Gasteiger partial charge on any atom is -0.487 e. The van der Waals surface area contributed by atoms with Gasteiger partial charge in [-0.25, -0.2) is 4.68 Å². The van der Waals surface area contributed by atoms with E-state index < -0.39 is 6.04 Å². The second kappa shape index (κ2) is 8.05. The monoisotopic (exact) mass is 337 g/mol. The predicted molar refractivity (Wildman–Crippen MR) is 91.6 cm³/mol. The molecule has 0 bridgehead atoms. The predicted octanol–water partition coefficient (Wildman–Crippen LogP) is 2.13. The molecule has 2 heterocycles. The van der Waals surface area contributed by atoms with Gasteiger partial charge in [-0.1, -0.05) is 29.5 Å². The summed E-state index contributed by atoms with van der Waals surface area (Å²) in [5, 5.41) is 10.9. The van der Waals surface area contributed by atoms with Gasteiger partial charge in [0, 0.05) is 18.9 Å². The Morgan fingerprint density at radius 2 is 2.08 bits per heavy atom. The van der Waals surface area contributed by atoms with Crippen molar-refractivity contribution in [1.82, 2.24) is 25.3 Å². The van der Waals surface area contributed by atoms with Crippen molar-refractivity contribution >= 4 is 5.91 Å². The van der Waals surface area contributed by atoms with E-state index in [1.54, 1.807) is 25.5 Å². The second-order valence-electron chi connectivity index (χ2n) is 5.55. The van der Waals surface area contributed by atoms with Crippen LogP contribution >= 0.6 is 0 Å². The molecule has 3 aromatic rings. The molecule has 0 radical (unpaired) electrons. The molecule has 1 amide bonds. The molecule has 1 aromatic carbocycles. The third kappa shape index (κ3) is 4.63. The Morgan fingerprint density at radius 1 is 1.24 bits per heavy atom. The lowest BCUT2D eigenvalue weighted by Crippen LogP contribution is -2.30. The maximum absolute atomic E-state index is 12.3. The third-order valence-corrected chi connectivity index (χ3v) is 3.65. The minimum absolute atomic E-state index is 0.135. The Morgan fingerprint density at radius 3 is 2.84 bits per heavy atom. The molecule has 0 aliphatic heterocycles. The summed E-state index contributed by atoms with van der Waals surface area (Å²) in [4.78, 5) is 16.3.